The van der Waals surface area contributed by atoms with Gasteiger partial charge in [-0.05, 0) is 71.8 Å². The van der Waals surface area contributed by atoms with Crippen molar-refractivity contribution in [3.63, 3.8) is 0 Å². The first-order valence-electron chi connectivity index (χ1n) is 13.2. The minimum atomic E-state index is -4.58. The van der Waals surface area contributed by atoms with Crippen LogP contribution in [0.3, 0.4) is 0 Å². The van der Waals surface area contributed by atoms with Gasteiger partial charge in [0.05, 0.1) is 28.3 Å². The molecule has 8 nitrogen and oxygen atoms in total. The zero-order valence-electron chi connectivity index (χ0n) is 22.7. The average molecular weight is 645 g/mol. The van der Waals surface area contributed by atoms with E-state index in [1.165, 1.54) is 48.5 Å². The summed E-state index contributed by atoms with van der Waals surface area (Å²) < 4.78 is 74.2. The second kappa shape index (κ2) is 12.2. The Kier molecular flexibility index (Phi) is 8.57. The lowest BCUT2D eigenvalue weighted by Crippen LogP contribution is -2.48. The van der Waals surface area contributed by atoms with Crippen LogP contribution in [-0.2, 0) is 27.4 Å². The molecule has 4 aromatic rings. The smallest absolute Gasteiger partial charge is 0.416 e. The fraction of sp³-hybridized carbons (Fsp3) is 0.161. The predicted octanol–water partition coefficient (Wildman–Crippen LogP) is 6.04. The molecular weight excluding hydrogens is 621 g/mol. The third-order valence-electron chi connectivity index (χ3n) is 7.02. The van der Waals surface area contributed by atoms with E-state index in [-0.39, 0.29) is 46.2 Å². The van der Waals surface area contributed by atoms with Gasteiger partial charge in [-0.1, -0.05) is 41.9 Å². The van der Waals surface area contributed by atoms with Crippen LogP contribution in [0.2, 0.25) is 5.02 Å². The number of aromatic carboxylic acids is 1. The molecule has 228 valence electrons. The van der Waals surface area contributed by atoms with Gasteiger partial charge in [-0.3, -0.25) is 9.10 Å². The van der Waals surface area contributed by atoms with E-state index in [1.54, 1.807) is 24.3 Å². The molecule has 0 unspecified atom stereocenters. The predicted molar refractivity (Wildman–Crippen MR) is 157 cm³/mol. The van der Waals surface area contributed by atoms with E-state index in [0.29, 0.717) is 17.0 Å². The molecule has 2 N–H and O–H groups in total. The molecule has 0 aliphatic carbocycles. The topological polar surface area (TPSA) is 113 Å². The summed E-state index contributed by atoms with van der Waals surface area (Å²) in [6.45, 7) is 0.0941. The zero-order valence-corrected chi connectivity index (χ0v) is 24.3. The monoisotopic (exact) mass is 644 g/mol. The summed E-state index contributed by atoms with van der Waals surface area (Å²) in [5, 5.41) is 11.8. The van der Waals surface area contributed by atoms with Gasteiger partial charge in [0, 0.05) is 17.0 Å². The molecule has 0 radical (unpaired) electrons. The Balaban J connectivity index is 1.33. The molecule has 1 aliphatic heterocycles. The fourth-order valence-electron chi connectivity index (χ4n) is 4.85. The summed E-state index contributed by atoms with van der Waals surface area (Å²) >= 11 is 6.16. The minimum Gasteiger partial charge on any atom is -0.492 e. The number of carbonyl (C=O) groups excluding carboxylic acids is 1. The number of benzene rings is 4. The number of alkyl halides is 3. The molecule has 1 heterocycles. The summed E-state index contributed by atoms with van der Waals surface area (Å²) in [4.78, 5) is 24.1. The van der Waals surface area contributed by atoms with E-state index in [0.717, 1.165) is 22.5 Å². The average Bonchev–Trinajstić information content (AvgIpc) is 3.40. The molecule has 0 bridgehead atoms. The highest BCUT2D eigenvalue weighted by Crippen LogP contribution is 2.39. The van der Waals surface area contributed by atoms with Gasteiger partial charge in [-0.25, -0.2) is 13.2 Å². The van der Waals surface area contributed by atoms with Gasteiger partial charge in [0.1, 0.15) is 18.4 Å². The zero-order chi connectivity index (χ0) is 31.6. The maximum Gasteiger partial charge on any atom is 0.416 e. The number of ether oxygens (including phenoxy) is 1. The van der Waals surface area contributed by atoms with Crippen LogP contribution >= 0.6 is 11.6 Å². The molecule has 44 heavy (non-hydrogen) atoms. The molecule has 0 fully saturated rings. The lowest BCUT2D eigenvalue weighted by atomic mass is 10.0. The number of sulfonamides is 1. The number of carboxylic acids is 1. The van der Waals surface area contributed by atoms with Gasteiger partial charge in [-0.2, -0.15) is 13.2 Å². The van der Waals surface area contributed by atoms with Crippen molar-refractivity contribution >= 4 is 39.2 Å². The Morgan fingerprint density at radius 1 is 0.977 bits per heavy atom. The van der Waals surface area contributed by atoms with Crippen molar-refractivity contribution in [1.82, 2.24) is 5.32 Å². The van der Waals surface area contributed by atoms with Crippen LogP contribution in [0.25, 0.3) is 11.1 Å². The number of fused-ring (bicyclic) bond motifs is 1. The van der Waals surface area contributed by atoms with Crippen molar-refractivity contribution in [2.24, 2.45) is 0 Å². The molecule has 5 rings (SSSR count). The quantitative estimate of drug-likeness (QED) is 0.215. The molecule has 4 aromatic carbocycles. The SMILES string of the molecule is O=C(O)c1ccc(OCCNC(=O)[C@@H]2Cc3ccccc3N2S(=O)(=O)c2ccc(-c3cc(C(F)(F)F)ccc3Cl)cc2)cc1. The van der Waals surface area contributed by atoms with Crippen molar-refractivity contribution in [1.29, 1.82) is 0 Å². The number of rotatable bonds is 9. The van der Waals surface area contributed by atoms with E-state index < -0.39 is 39.7 Å². The number of hydrogen-bond donors (Lipinski definition) is 2. The largest absolute Gasteiger partial charge is 0.492 e. The number of nitrogens with one attached hydrogen (secondary N) is 1. The summed E-state index contributed by atoms with van der Waals surface area (Å²) in [6, 6.07) is 19.5. The second-order valence-electron chi connectivity index (χ2n) is 9.84. The van der Waals surface area contributed by atoms with E-state index in [4.69, 9.17) is 21.4 Å². The number of halogens is 4. The van der Waals surface area contributed by atoms with Gasteiger partial charge >= 0.3 is 12.1 Å². The number of hydrogen-bond acceptors (Lipinski definition) is 5. The first-order chi connectivity index (χ1) is 20.9. The molecule has 0 saturated carbocycles. The van der Waals surface area contributed by atoms with Crippen LogP contribution in [-0.4, -0.2) is 44.6 Å². The minimum absolute atomic E-state index is 0.0458. The highest BCUT2D eigenvalue weighted by atomic mass is 35.5. The molecule has 0 spiro atoms. The molecule has 0 saturated heterocycles. The highest BCUT2D eigenvalue weighted by molar-refractivity contribution is 7.93. The van der Waals surface area contributed by atoms with Gasteiger partial charge < -0.3 is 15.2 Å². The number of anilines is 1. The Bertz CT molecular complexity index is 1810. The Morgan fingerprint density at radius 3 is 2.32 bits per heavy atom. The van der Waals surface area contributed by atoms with Crippen LogP contribution in [0.5, 0.6) is 5.75 Å². The number of amides is 1. The molecule has 1 aliphatic rings. The second-order valence-corrected chi connectivity index (χ2v) is 12.1. The first kappa shape index (κ1) is 30.9. The summed E-state index contributed by atoms with van der Waals surface area (Å²) in [6.07, 6.45) is -4.46. The Hall–Kier alpha value is -4.55. The van der Waals surface area contributed by atoms with Gasteiger partial charge in [-0.15, -0.1) is 0 Å². The van der Waals surface area contributed by atoms with Crippen LogP contribution in [0.15, 0.2) is 95.9 Å². The number of para-hydroxylation sites is 1. The molecule has 13 heteroatoms. The number of carboxylic acid groups (broad SMARTS) is 1. The van der Waals surface area contributed by atoms with Crippen LogP contribution < -0.4 is 14.4 Å². The van der Waals surface area contributed by atoms with Crippen LogP contribution in [0.4, 0.5) is 18.9 Å². The van der Waals surface area contributed by atoms with Gasteiger partial charge in [0.15, 0.2) is 0 Å². The third kappa shape index (κ3) is 6.36. The normalized spacial score (nSPS) is 14.6. The van der Waals surface area contributed by atoms with E-state index >= 15 is 0 Å². The van der Waals surface area contributed by atoms with E-state index in [9.17, 15) is 31.2 Å². The number of carbonyl (C=O) groups is 2. The van der Waals surface area contributed by atoms with Crippen LogP contribution in [0.1, 0.15) is 21.5 Å². The maximum absolute atomic E-state index is 13.9. The summed E-state index contributed by atoms with van der Waals surface area (Å²) in [5.74, 6) is -1.23. The first-order valence-corrected chi connectivity index (χ1v) is 15.0. The lowest BCUT2D eigenvalue weighted by Gasteiger charge is -2.26. The van der Waals surface area contributed by atoms with Crippen molar-refractivity contribution in [2.45, 2.75) is 23.5 Å². The molecule has 1 amide bonds. The maximum atomic E-state index is 13.9. The van der Waals surface area contributed by atoms with Crippen molar-refractivity contribution in [3.8, 4) is 16.9 Å². The Morgan fingerprint density at radius 2 is 1.66 bits per heavy atom. The number of nitrogens with zero attached hydrogens (tertiary/aromatic N) is 1. The molecular formula is C31H24ClF3N2O6S. The molecule has 0 aromatic heterocycles. The summed E-state index contributed by atoms with van der Waals surface area (Å²) in [5.41, 5.74) is 0.577. The summed E-state index contributed by atoms with van der Waals surface area (Å²) in [7, 11) is -4.29. The van der Waals surface area contributed by atoms with Gasteiger partial charge in [0.2, 0.25) is 5.91 Å². The van der Waals surface area contributed by atoms with Crippen molar-refractivity contribution < 1.29 is 41.0 Å². The van der Waals surface area contributed by atoms with Gasteiger partial charge in [0.25, 0.3) is 10.0 Å². The van der Waals surface area contributed by atoms with Crippen molar-refractivity contribution in [2.75, 3.05) is 17.5 Å². The Labute approximate surface area is 255 Å². The van der Waals surface area contributed by atoms with E-state index in [2.05, 4.69) is 5.32 Å². The highest BCUT2D eigenvalue weighted by Gasteiger charge is 2.42. The standard InChI is InChI=1S/C31H24ClF3N2O6S/c32-26-14-9-22(31(33,34)35)18-25(26)19-7-12-24(13-8-19)44(41,42)37-27-4-2-1-3-21(27)17-28(37)29(38)36-15-16-43-23-10-5-20(6-11-23)30(39)40/h1-14,18,28H,15-17H2,(H,36,38)(H,39,40)/t28-/m0/s1. The third-order valence-corrected chi connectivity index (χ3v) is 9.18. The van der Waals surface area contributed by atoms with E-state index in [1.807, 2.05) is 0 Å². The van der Waals surface area contributed by atoms with Crippen molar-refractivity contribution in [3.05, 3.63) is 113 Å². The lowest BCUT2D eigenvalue weighted by molar-refractivity contribution is -0.137. The van der Waals surface area contributed by atoms with Crippen LogP contribution in [0, 0.1) is 0 Å². The molecule has 1 atom stereocenters. The fourth-order valence-corrected chi connectivity index (χ4v) is 6.73.